The average Bonchev–Trinajstić information content (AvgIpc) is 2.15. The molecule has 17 heavy (non-hydrogen) atoms. The second-order valence-corrected chi connectivity index (χ2v) is 6.55. The highest BCUT2D eigenvalue weighted by Crippen LogP contribution is 2.20. The van der Waals surface area contributed by atoms with Gasteiger partial charge in [-0.25, -0.2) is 0 Å². The minimum Gasteiger partial charge on any atom is -0.352 e. The molecule has 0 aliphatic heterocycles. The highest BCUT2D eigenvalue weighted by atomic mass is 31.1. The molecule has 100 valence electrons. The van der Waals surface area contributed by atoms with E-state index in [1.165, 1.54) is 0 Å². The maximum absolute atomic E-state index is 11.5. The smallest absolute Gasteiger partial charge is 0.246 e. The van der Waals surface area contributed by atoms with Crippen LogP contribution in [-0.4, -0.2) is 57.4 Å². The quantitative estimate of drug-likeness (QED) is 0.402. The van der Waals surface area contributed by atoms with Crippen molar-refractivity contribution < 1.29 is 18.4 Å². The van der Waals surface area contributed by atoms with Crippen LogP contribution >= 0.6 is 8.03 Å². The fraction of sp³-hybridized carbons (Fsp3) is 0.727. The summed E-state index contributed by atoms with van der Waals surface area (Å²) in [6.45, 7) is 6.81. The number of nitrogens with one attached hydrogen (secondary N) is 1. The van der Waals surface area contributed by atoms with Gasteiger partial charge in [-0.2, -0.15) is 0 Å². The van der Waals surface area contributed by atoms with Gasteiger partial charge >= 0.3 is 0 Å². The zero-order chi connectivity index (χ0) is 13.5. The topological polar surface area (TPSA) is 55.4 Å². The minimum atomic E-state index is -2.04. The summed E-state index contributed by atoms with van der Waals surface area (Å²) < 4.78 is 17.5. The zero-order valence-electron chi connectivity index (χ0n) is 11.2. The van der Waals surface area contributed by atoms with E-state index >= 15 is 0 Å². The Morgan fingerprint density at radius 2 is 2.00 bits per heavy atom. The molecule has 0 aromatic carbocycles. The Morgan fingerprint density at radius 3 is 2.47 bits per heavy atom. The van der Waals surface area contributed by atoms with Crippen molar-refractivity contribution in [2.45, 2.75) is 6.92 Å². The van der Waals surface area contributed by atoms with E-state index in [0.29, 0.717) is 24.9 Å². The normalized spacial score (nSPS) is 13.2. The highest BCUT2D eigenvalue weighted by molar-refractivity contribution is 7.39. The Bertz CT molecular complexity index is 298. The SMILES string of the molecule is C=C(C)C(=O)NCC[PH](=O)OCC[N+](C)(C)C. The molecule has 1 amide bonds. The van der Waals surface area contributed by atoms with Crippen LogP contribution in [0.15, 0.2) is 12.2 Å². The van der Waals surface area contributed by atoms with Gasteiger partial charge in [-0.05, 0) is 6.92 Å². The fourth-order valence-corrected chi connectivity index (χ4v) is 1.73. The van der Waals surface area contributed by atoms with Crippen LogP contribution in [0.3, 0.4) is 0 Å². The number of hydrogen-bond acceptors (Lipinski definition) is 3. The summed E-state index contributed by atoms with van der Waals surface area (Å²) in [5, 5.41) is 2.62. The Labute approximate surface area is 104 Å². The predicted molar refractivity (Wildman–Crippen MR) is 70.5 cm³/mol. The van der Waals surface area contributed by atoms with Crippen LogP contribution in [0.1, 0.15) is 6.92 Å². The van der Waals surface area contributed by atoms with Crippen molar-refractivity contribution in [1.29, 1.82) is 0 Å². The molecule has 0 bridgehead atoms. The third-order valence-corrected chi connectivity index (χ3v) is 3.21. The summed E-state index contributed by atoms with van der Waals surface area (Å²) >= 11 is 0. The van der Waals surface area contributed by atoms with Gasteiger partial charge in [0.15, 0.2) is 8.03 Å². The van der Waals surface area contributed by atoms with E-state index in [0.717, 1.165) is 11.0 Å². The summed E-state index contributed by atoms with van der Waals surface area (Å²) in [6.07, 6.45) is 0.376. The van der Waals surface area contributed by atoms with Crippen LogP contribution in [0.2, 0.25) is 0 Å². The van der Waals surface area contributed by atoms with E-state index in [-0.39, 0.29) is 5.91 Å². The summed E-state index contributed by atoms with van der Waals surface area (Å²) in [4.78, 5) is 11.1. The van der Waals surface area contributed by atoms with Crippen molar-refractivity contribution in [2.75, 3.05) is 47.0 Å². The molecule has 1 N–H and O–H groups in total. The molecule has 0 radical (unpaired) electrons. The summed E-state index contributed by atoms with van der Waals surface area (Å²) in [5.74, 6) is -0.203. The van der Waals surface area contributed by atoms with E-state index in [1.807, 2.05) is 21.1 Å². The van der Waals surface area contributed by atoms with E-state index in [9.17, 15) is 9.36 Å². The molecule has 5 nitrogen and oxygen atoms in total. The molecule has 0 aliphatic carbocycles. The monoisotopic (exact) mass is 263 g/mol. The van der Waals surface area contributed by atoms with Gasteiger partial charge in [0.2, 0.25) is 5.91 Å². The van der Waals surface area contributed by atoms with E-state index in [1.54, 1.807) is 6.92 Å². The lowest BCUT2D eigenvalue weighted by atomic mass is 10.3. The van der Waals surface area contributed by atoms with Gasteiger partial charge in [0, 0.05) is 18.3 Å². The summed E-state index contributed by atoms with van der Waals surface area (Å²) in [5.41, 5.74) is 0.454. The Balaban J connectivity index is 3.61. The van der Waals surface area contributed by atoms with Crippen molar-refractivity contribution in [2.24, 2.45) is 0 Å². The van der Waals surface area contributed by atoms with Gasteiger partial charge in [0.05, 0.1) is 21.1 Å². The van der Waals surface area contributed by atoms with E-state index in [4.69, 9.17) is 4.52 Å². The molecular formula is C11H24N2O3P+. The lowest BCUT2D eigenvalue weighted by Crippen LogP contribution is -2.37. The van der Waals surface area contributed by atoms with Crippen molar-refractivity contribution in [3.8, 4) is 0 Å². The number of carbonyl (C=O) groups excluding carboxylic acids is 1. The van der Waals surface area contributed by atoms with Crippen LogP contribution < -0.4 is 5.32 Å². The lowest BCUT2D eigenvalue weighted by molar-refractivity contribution is -0.870. The molecule has 1 atom stereocenters. The third kappa shape index (κ3) is 10.2. The highest BCUT2D eigenvalue weighted by Gasteiger charge is 2.08. The molecule has 0 rings (SSSR count). The van der Waals surface area contributed by atoms with Gasteiger partial charge in [-0.1, -0.05) is 6.58 Å². The number of quaternary nitrogens is 1. The molecular weight excluding hydrogens is 239 g/mol. The Morgan fingerprint density at radius 1 is 1.41 bits per heavy atom. The first kappa shape index (κ1) is 16.4. The number of nitrogens with zero attached hydrogens (tertiary/aromatic N) is 1. The van der Waals surface area contributed by atoms with Crippen molar-refractivity contribution >= 4 is 13.9 Å². The number of amides is 1. The third-order valence-electron chi connectivity index (χ3n) is 2.03. The number of likely N-dealkylation sites (N-methyl/N-ethyl adjacent to an activating group) is 1. The van der Waals surface area contributed by atoms with Gasteiger partial charge in [-0.3, -0.25) is 9.36 Å². The second-order valence-electron chi connectivity index (χ2n) is 5.02. The van der Waals surface area contributed by atoms with Crippen molar-refractivity contribution in [1.82, 2.24) is 5.32 Å². The molecule has 0 aromatic rings. The maximum Gasteiger partial charge on any atom is 0.246 e. The number of carbonyl (C=O) groups is 1. The second kappa shape index (κ2) is 7.64. The van der Waals surface area contributed by atoms with Crippen LogP contribution in [-0.2, 0) is 13.9 Å². The fourth-order valence-electron chi connectivity index (χ4n) is 0.934. The molecule has 0 fully saturated rings. The average molecular weight is 263 g/mol. The molecule has 0 heterocycles. The van der Waals surface area contributed by atoms with Gasteiger partial charge in [0.1, 0.15) is 13.2 Å². The molecule has 0 saturated carbocycles. The van der Waals surface area contributed by atoms with Crippen LogP contribution in [0.5, 0.6) is 0 Å². The van der Waals surface area contributed by atoms with Gasteiger partial charge < -0.3 is 14.3 Å². The van der Waals surface area contributed by atoms with Gasteiger partial charge in [0.25, 0.3) is 0 Å². The number of hydrogen-bond donors (Lipinski definition) is 1. The molecule has 1 unspecified atom stereocenters. The van der Waals surface area contributed by atoms with Crippen molar-refractivity contribution in [3.63, 3.8) is 0 Å². The standard InChI is InChI=1S/C11H23N2O3P/c1-10(2)11(14)12-6-9-17(15)16-8-7-13(3,4)5/h17H,1,6-9H2,2-5H3/p+1. The predicted octanol–water partition coefficient (Wildman–Crippen LogP) is 0.876. The maximum atomic E-state index is 11.5. The lowest BCUT2D eigenvalue weighted by Gasteiger charge is -2.23. The molecule has 0 aromatic heterocycles. The largest absolute Gasteiger partial charge is 0.352 e. The first-order chi connectivity index (χ1) is 7.72. The minimum absolute atomic E-state index is 0.203. The van der Waals surface area contributed by atoms with Crippen LogP contribution in [0.4, 0.5) is 0 Å². The van der Waals surface area contributed by atoms with E-state index < -0.39 is 8.03 Å². The molecule has 6 heteroatoms. The summed E-state index contributed by atoms with van der Waals surface area (Å²) in [6, 6.07) is 0. The van der Waals surface area contributed by atoms with Crippen molar-refractivity contribution in [3.05, 3.63) is 12.2 Å². The first-order valence-corrected chi connectivity index (χ1v) is 7.14. The van der Waals surface area contributed by atoms with Gasteiger partial charge in [-0.15, -0.1) is 0 Å². The summed E-state index contributed by atoms with van der Waals surface area (Å²) in [7, 11) is 4.11. The number of rotatable bonds is 8. The molecule has 0 spiro atoms. The Hall–Kier alpha value is -0.640. The van der Waals surface area contributed by atoms with Crippen LogP contribution in [0, 0.1) is 0 Å². The first-order valence-electron chi connectivity index (χ1n) is 5.62. The van der Waals surface area contributed by atoms with E-state index in [2.05, 4.69) is 11.9 Å². The molecule has 0 saturated heterocycles. The molecule has 0 aliphatic rings. The Kier molecular flexibility index (Phi) is 7.35. The zero-order valence-corrected chi connectivity index (χ0v) is 12.2. The van der Waals surface area contributed by atoms with Crippen LogP contribution in [0.25, 0.3) is 0 Å².